The molecule has 0 amide bonds. The van der Waals surface area contributed by atoms with Crippen molar-refractivity contribution in [2.24, 2.45) is 9.50 Å². The Hall–Kier alpha value is -2.34. The Kier molecular flexibility index (Phi) is 8.52. The lowest BCUT2D eigenvalue weighted by Gasteiger charge is -2.15. The summed E-state index contributed by atoms with van der Waals surface area (Å²) in [5, 5.41) is 7.33. The molecule has 7 heteroatoms. The lowest BCUT2D eigenvalue weighted by molar-refractivity contribution is 0.484. The van der Waals surface area contributed by atoms with E-state index < -0.39 is 0 Å². The molecule has 1 heterocycles. The first-order chi connectivity index (χ1) is 15.1. The van der Waals surface area contributed by atoms with E-state index >= 15 is 0 Å². The molecular weight excluding hydrogens is 452 g/mol. The van der Waals surface area contributed by atoms with Gasteiger partial charge in [0.15, 0.2) is 0 Å². The van der Waals surface area contributed by atoms with Gasteiger partial charge in [-0.1, -0.05) is 67.9 Å². The standard InChI is InChI=1S/C22H16Cl2FN3S.C2H6/c23-17-8-12-19(13-9-17)29-27-22(24)28-14-20(15-4-2-1-3-5-15)21(26-28)16-6-10-18(25)11-7-16;1-2/h1-13,20H,14H2;1-2H3/b27-22+;. The molecule has 0 aliphatic carbocycles. The molecule has 3 aromatic rings. The SMILES string of the molecule is CC.Fc1ccc(C2=NN(/C(Cl)=N/Sc3ccc(Cl)cc3)CC2c2ccccc2)cc1. The number of hydrazone groups is 1. The van der Waals surface area contributed by atoms with Crippen molar-refractivity contribution in [1.29, 1.82) is 0 Å². The Bertz CT molecular complexity index is 1040. The molecule has 1 atom stereocenters. The van der Waals surface area contributed by atoms with Crippen LogP contribution < -0.4 is 0 Å². The van der Waals surface area contributed by atoms with Crippen molar-refractivity contribution in [2.75, 3.05) is 6.54 Å². The molecule has 1 unspecified atom stereocenters. The highest BCUT2D eigenvalue weighted by Crippen LogP contribution is 2.31. The molecule has 0 spiro atoms. The molecule has 0 saturated heterocycles. The fourth-order valence-corrected chi connectivity index (χ4v) is 3.95. The van der Waals surface area contributed by atoms with Crippen LogP contribution in [-0.2, 0) is 0 Å². The van der Waals surface area contributed by atoms with E-state index in [1.165, 1.54) is 24.1 Å². The van der Waals surface area contributed by atoms with Crippen LogP contribution in [0.25, 0.3) is 0 Å². The van der Waals surface area contributed by atoms with Gasteiger partial charge in [0.1, 0.15) is 5.82 Å². The average molecular weight is 474 g/mol. The molecule has 0 radical (unpaired) electrons. The van der Waals surface area contributed by atoms with Gasteiger partial charge in [0, 0.05) is 27.8 Å². The summed E-state index contributed by atoms with van der Waals surface area (Å²) >= 11 is 13.6. The zero-order valence-corrected chi connectivity index (χ0v) is 19.5. The van der Waals surface area contributed by atoms with E-state index in [1.54, 1.807) is 29.3 Å². The molecule has 0 bridgehead atoms. The molecule has 0 saturated carbocycles. The van der Waals surface area contributed by atoms with Gasteiger partial charge in [-0.3, -0.25) is 0 Å². The largest absolute Gasteiger partial charge is 0.236 e. The Labute approximate surface area is 196 Å². The summed E-state index contributed by atoms with van der Waals surface area (Å²) in [7, 11) is 0. The quantitative estimate of drug-likeness (QED) is 0.168. The van der Waals surface area contributed by atoms with E-state index in [0.29, 0.717) is 11.6 Å². The minimum absolute atomic E-state index is 0.00569. The maximum atomic E-state index is 13.4. The van der Waals surface area contributed by atoms with E-state index in [9.17, 15) is 4.39 Å². The van der Waals surface area contributed by atoms with Crippen molar-refractivity contribution in [1.82, 2.24) is 5.01 Å². The second kappa shape index (κ2) is 11.3. The molecule has 3 nitrogen and oxygen atoms in total. The Morgan fingerprint density at radius 2 is 1.65 bits per heavy atom. The highest BCUT2D eigenvalue weighted by molar-refractivity contribution is 7.98. The smallest absolute Gasteiger partial charge is 0.226 e. The maximum absolute atomic E-state index is 13.4. The maximum Gasteiger partial charge on any atom is 0.226 e. The van der Waals surface area contributed by atoms with Crippen LogP contribution in [-0.4, -0.2) is 22.6 Å². The van der Waals surface area contributed by atoms with Crippen molar-refractivity contribution in [3.63, 3.8) is 0 Å². The first-order valence-electron chi connectivity index (χ1n) is 9.93. The number of benzene rings is 3. The van der Waals surface area contributed by atoms with E-state index in [4.69, 9.17) is 28.3 Å². The highest BCUT2D eigenvalue weighted by atomic mass is 35.5. The van der Waals surface area contributed by atoms with Gasteiger partial charge >= 0.3 is 0 Å². The molecule has 0 aromatic heterocycles. The predicted octanol–water partition coefficient (Wildman–Crippen LogP) is 7.61. The van der Waals surface area contributed by atoms with E-state index in [1.807, 2.05) is 44.2 Å². The van der Waals surface area contributed by atoms with E-state index in [2.05, 4.69) is 16.5 Å². The number of amidine groups is 1. The summed E-state index contributed by atoms with van der Waals surface area (Å²) in [5.74, 6) is -0.273. The van der Waals surface area contributed by atoms with Gasteiger partial charge in [-0.25, -0.2) is 9.40 Å². The lowest BCUT2D eigenvalue weighted by Crippen LogP contribution is -2.21. The first-order valence-corrected chi connectivity index (χ1v) is 11.5. The normalized spacial score (nSPS) is 15.9. The van der Waals surface area contributed by atoms with Gasteiger partial charge in [0.25, 0.3) is 0 Å². The van der Waals surface area contributed by atoms with Crippen molar-refractivity contribution in [2.45, 2.75) is 24.7 Å². The fraction of sp³-hybridized carbons (Fsp3) is 0.167. The Morgan fingerprint density at radius 1 is 1.00 bits per heavy atom. The number of rotatable bonds is 4. The van der Waals surface area contributed by atoms with Gasteiger partial charge in [0.2, 0.25) is 5.29 Å². The Morgan fingerprint density at radius 3 is 2.29 bits per heavy atom. The number of nitrogens with zero attached hydrogens (tertiary/aromatic N) is 3. The van der Waals surface area contributed by atoms with Gasteiger partial charge < -0.3 is 0 Å². The number of hydrogen-bond donors (Lipinski definition) is 0. The summed E-state index contributed by atoms with van der Waals surface area (Å²) in [6.07, 6.45) is 0. The van der Waals surface area contributed by atoms with Gasteiger partial charge in [-0.05, 0) is 59.1 Å². The minimum Gasteiger partial charge on any atom is -0.236 e. The monoisotopic (exact) mass is 473 g/mol. The van der Waals surface area contributed by atoms with Crippen molar-refractivity contribution < 1.29 is 4.39 Å². The fourth-order valence-electron chi connectivity index (χ4n) is 3.08. The predicted molar refractivity (Wildman–Crippen MR) is 131 cm³/mol. The zero-order valence-electron chi connectivity index (χ0n) is 17.2. The average Bonchev–Trinajstić information content (AvgIpc) is 3.26. The summed E-state index contributed by atoms with van der Waals surface area (Å²) in [6.45, 7) is 4.56. The van der Waals surface area contributed by atoms with E-state index in [-0.39, 0.29) is 17.0 Å². The summed E-state index contributed by atoms with van der Waals surface area (Å²) < 4.78 is 17.8. The Balaban J connectivity index is 0.00000132. The van der Waals surface area contributed by atoms with Crippen molar-refractivity contribution >= 4 is 46.2 Å². The summed E-state index contributed by atoms with van der Waals surface area (Å²) in [6, 6.07) is 23.8. The third-order valence-corrected chi connectivity index (χ3v) is 5.89. The van der Waals surface area contributed by atoms with Gasteiger partial charge in [-0.15, -0.1) is 0 Å². The van der Waals surface area contributed by atoms with Crippen molar-refractivity contribution in [3.8, 4) is 0 Å². The molecule has 160 valence electrons. The zero-order chi connectivity index (χ0) is 22.2. The molecule has 1 aliphatic heterocycles. The van der Waals surface area contributed by atoms with Crippen LogP contribution in [0.15, 0.2) is 93.3 Å². The molecule has 3 aromatic carbocycles. The summed E-state index contributed by atoms with van der Waals surface area (Å²) in [5.41, 5.74) is 2.81. The van der Waals surface area contributed by atoms with Crippen molar-refractivity contribution in [3.05, 3.63) is 101 Å². The second-order valence-corrected chi connectivity index (χ2v) is 8.05. The van der Waals surface area contributed by atoms with Crippen LogP contribution in [0.3, 0.4) is 0 Å². The molecule has 1 aliphatic rings. The second-order valence-electron chi connectivity index (χ2n) is 6.44. The van der Waals surface area contributed by atoms with Crippen LogP contribution >= 0.6 is 35.1 Å². The molecule has 0 fully saturated rings. The summed E-state index contributed by atoms with van der Waals surface area (Å²) in [4.78, 5) is 0.925. The molecule has 31 heavy (non-hydrogen) atoms. The van der Waals surface area contributed by atoms with Crippen LogP contribution in [0, 0.1) is 5.82 Å². The lowest BCUT2D eigenvalue weighted by atomic mass is 9.91. The van der Waals surface area contributed by atoms with Gasteiger partial charge in [0.05, 0.1) is 12.3 Å². The molecule has 4 rings (SSSR count). The number of halogens is 3. The van der Waals surface area contributed by atoms with Crippen LogP contribution in [0.1, 0.15) is 30.9 Å². The van der Waals surface area contributed by atoms with Crippen LogP contribution in [0.5, 0.6) is 0 Å². The van der Waals surface area contributed by atoms with Gasteiger partial charge in [-0.2, -0.15) is 9.50 Å². The third kappa shape index (κ3) is 6.10. The molecule has 0 N–H and O–H groups in total. The van der Waals surface area contributed by atoms with Crippen LogP contribution in [0.2, 0.25) is 5.02 Å². The highest BCUT2D eigenvalue weighted by Gasteiger charge is 2.31. The number of hydrogen-bond acceptors (Lipinski definition) is 3. The first kappa shape index (κ1) is 23.3. The minimum atomic E-state index is -0.278. The van der Waals surface area contributed by atoms with Crippen LogP contribution in [0.4, 0.5) is 4.39 Å². The molecular formula is C24H22Cl2FN3S. The van der Waals surface area contributed by atoms with E-state index in [0.717, 1.165) is 21.7 Å². The topological polar surface area (TPSA) is 28.0 Å². The third-order valence-electron chi connectivity index (χ3n) is 4.51.